The molecule has 1 unspecified atom stereocenters. The lowest BCUT2D eigenvalue weighted by molar-refractivity contribution is 0.471. The molecule has 0 radical (unpaired) electrons. The number of fused-ring (bicyclic) bond motifs is 1. The van der Waals surface area contributed by atoms with Crippen molar-refractivity contribution in [2.45, 2.75) is 26.8 Å². The highest BCUT2D eigenvalue weighted by molar-refractivity contribution is 5.80. The molecule has 0 spiro atoms. The van der Waals surface area contributed by atoms with Crippen molar-refractivity contribution in [2.75, 3.05) is 13.1 Å². The standard InChI is InChI=1S/C15H21FN2/c1-11(2)9-17-10-12(3)18-7-6-13-4-5-14(16)8-15(13)18/h4-8,11-12,17H,9-10H2,1-3H3. The number of hydrogen-bond donors (Lipinski definition) is 1. The van der Waals surface area contributed by atoms with Crippen LogP contribution in [0.2, 0.25) is 0 Å². The van der Waals surface area contributed by atoms with Gasteiger partial charge in [0.05, 0.1) is 5.52 Å². The lowest BCUT2D eigenvalue weighted by Crippen LogP contribution is -2.26. The zero-order chi connectivity index (χ0) is 13.1. The molecular weight excluding hydrogens is 227 g/mol. The first-order valence-corrected chi connectivity index (χ1v) is 6.54. The van der Waals surface area contributed by atoms with Gasteiger partial charge in [0.25, 0.3) is 0 Å². The van der Waals surface area contributed by atoms with E-state index in [1.54, 1.807) is 6.07 Å². The Morgan fingerprint density at radius 2 is 1.94 bits per heavy atom. The molecule has 0 saturated carbocycles. The number of nitrogens with zero attached hydrogens (tertiary/aromatic N) is 1. The molecule has 0 aliphatic rings. The molecule has 1 heterocycles. The topological polar surface area (TPSA) is 17.0 Å². The molecule has 1 aromatic carbocycles. The van der Waals surface area contributed by atoms with Crippen molar-refractivity contribution in [2.24, 2.45) is 5.92 Å². The van der Waals surface area contributed by atoms with Crippen LogP contribution in [-0.2, 0) is 0 Å². The number of benzene rings is 1. The molecule has 2 nitrogen and oxygen atoms in total. The van der Waals surface area contributed by atoms with Gasteiger partial charge >= 0.3 is 0 Å². The fraction of sp³-hybridized carbons (Fsp3) is 0.467. The summed E-state index contributed by atoms with van der Waals surface area (Å²) in [6.45, 7) is 8.45. The Balaban J connectivity index is 2.12. The minimum atomic E-state index is -0.176. The van der Waals surface area contributed by atoms with Gasteiger partial charge in [0.1, 0.15) is 5.82 Å². The van der Waals surface area contributed by atoms with Gasteiger partial charge in [-0.15, -0.1) is 0 Å². The second-order valence-electron chi connectivity index (χ2n) is 5.33. The summed E-state index contributed by atoms with van der Waals surface area (Å²) in [5.41, 5.74) is 0.967. The maximum absolute atomic E-state index is 13.3. The van der Waals surface area contributed by atoms with Crippen LogP contribution in [0.15, 0.2) is 30.5 Å². The van der Waals surface area contributed by atoms with E-state index in [0.29, 0.717) is 12.0 Å². The molecule has 1 N–H and O–H groups in total. The average molecular weight is 248 g/mol. The summed E-state index contributed by atoms with van der Waals surface area (Å²) in [6.07, 6.45) is 2.03. The summed E-state index contributed by atoms with van der Waals surface area (Å²) >= 11 is 0. The first-order valence-electron chi connectivity index (χ1n) is 6.54. The third-order valence-corrected chi connectivity index (χ3v) is 3.15. The maximum Gasteiger partial charge on any atom is 0.125 e. The fourth-order valence-corrected chi connectivity index (χ4v) is 2.19. The predicted octanol–water partition coefficient (Wildman–Crippen LogP) is 3.59. The normalized spacial score (nSPS) is 13.4. The van der Waals surface area contributed by atoms with E-state index in [2.05, 4.69) is 30.7 Å². The lowest BCUT2D eigenvalue weighted by atomic mass is 10.2. The number of nitrogens with one attached hydrogen (secondary N) is 1. The second-order valence-corrected chi connectivity index (χ2v) is 5.33. The number of aromatic nitrogens is 1. The monoisotopic (exact) mass is 248 g/mol. The zero-order valence-electron chi connectivity index (χ0n) is 11.3. The SMILES string of the molecule is CC(C)CNCC(C)n1ccc2ccc(F)cc21. The molecule has 0 saturated heterocycles. The third-order valence-electron chi connectivity index (χ3n) is 3.15. The highest BCUT2D eigenvalue weighted by atomic mass is 19.1. The fourth-order valence-electron chi connectivity index (χ4n) is 2.19. The molecule has 0 aliphatic heterocycles. The van der Waals surface area contributed by atoms with Crippen LogP contribution in [0.1, 0.15) is 26.8 Å². The van der Waals surface area contributed by atoms with Crippen LogP contribution in [0.4, 0.5) is 4.39 Å². The van der Waals surface area contributed by atoms with E-state index in [4.69, 9.17) is 0 Å². The number of halogens is 1. The Bertz CT molecular complexity index is 516. The van der Waals surface area contributed by atoms with Gasteiger partial charge in [-0.05, 0) is 49.0 Å². The molecule has 1 atom stereocenters. The van der Waals surface area contributed by atoms with E-state index in [1.807, 2.05) is 18.3 Å². The van der Waals surface area contributed by atoms with Gasteiger partial charge in [0, 0.05) is 18.8 Å². The van der Waals surface area contributed by atoms with Gasteiger partial charge in [0.15, 0.2) is 0 Å². The van der Waals surface area contributed by atoms with Crippen molar-refractivity contribution in [3.8, 4) is 0 Å². The maximum atomic E-state index is 13.3. The average Bonchev–Trinajstić information content (AvgIpc) is 2.71. The van der Waals surface area contributed by atoms with Crippen LogP contribution < -0.4 is 5.32 Å². The third kappa shape index (κ3) is 2.91. The van der Waals surface area contributed by atoms with Crippen molar-refractivity contribution in [3.63, 3.8) is 0 Å². The molecule has 1 aromatic heterocycles. The second kappa shape index (κ2) is 5.53. The Kier molecular flexibility index (Phi) is 4.02. The van der Waals surface area contributed by atoms with E-state index >= 15 is 0 Å². The van der Waals surface area contributed by atoms with Crippen LogP contribution in [0.5, 0.6) is 0 Å². The molecule has 2 aromatic rings. The van der Waals surface area contributed by atoms with Crippen molar-refractivity contribution in [1.29, 1.82) is 0 Å². The van der Waals surface area contributed by atoms with Gasteiger partial charge in [-0.1, -0.05) is 13.8 Å². The molecule has 0 aliphatic carbocycles. The number of rotatable bonds is 5. The minimum Gasteiger partial charge on any atom is -0.343 e. The van der Waals surface area contributed by atoms with Crippen LogP contribution in [0.3, 0.4) is 0 Å². The first kappa shape index (κ1) is 13.1. The molecule has 98 valence electrons. The summed E-state index contributed by atoms with van der Waals surface area (Å²) in [5, 5.41) is 4.53. The van der Waals surface area contributed by atoms with Gasteiger partial charge in [0.2, 0.25) is 0 Å². The van der Waals surface area contributed by atoms with E-state index in [-0.39, 0.29) is 5.82 Å². The molecule has 2 rings (SSSR count). The van der Waals surface area contributed by atoms with E-state index in [9.17, 15) is 4.39 Å². The van der Waals surface area contributed by atoms with Crippen molar-refractivity contribution in [1.82, 2.24) is 9.88 Å². The van der Waals surface area contributed by atoms with Gasteiger partial charge in [-0.3, -0.25) is 0 Å². The zero-order valence-corrected chi connectivity index (χ0v) is 11.3. The van der Waals surface area contributed by atoms with Crippen LogP contribution in [-0.4, -0.2) is 17.7 Å². The van der Waals surface area contributed by atoms with E-state index in [1.165, 1.54) is 6.07 Å². The van der Waals surface area contributed by atoms with Crippen molar-refractivity contribution >= 4 is 10.9 Å². The molecule has 3 heteroatoms. The lowest BCUT2D eigenvalue weighted by Gasteiger charge is -2.17. The summed E-state index contributed by atoms with van der Waals surface area (Å²) < 4.78 is 15.4. The van der Waals surface area contributed by atoms with Crippen LogP contribution in [0.25, 0.3) is 10.9 Å². The Morgan fingerprint density at radius 3 is 2.67 bits per heavy atom. The van der Waals surface area contributed by atoms with Crippen molar-refractivity contribution in [3.05, 3.63) is 36.3 Å². The highest BCUT2D eigenvalue weighted by Crippen LogP contribution is 2.20. The minimum absolute atomic E-state index is 0.176. The largest absolute Gasteiger partial charge is 0.343 e. The van der Waals surface area contributed by atoms with E-state index < -0.39 is 0 Å². The Labute approximate surface area is 108 Å². The summed E-state index contributed by atoms with van der Waals surface area (Å²) in [4.78, 5) is 0. The van der Waals surface area contributed by atoms with Gasteiger partial charge in [-0.25, -0.2) is 4.39 Å². The Hall–Kier alpha value is -1.35. The summed E-state index contributed by atoms with van der Waals surface area (Å²) in [5.74, 6) is 0.473. The molecule has 18 heavy (non-hydrogen) atoms. The quantitative estimate of drug-likeness (QED) is 0.855. The van der Waals surface area contributed by atoms with Crippen LogP contribution in [0, 0.1) is 11.7 Å². The summed E-state index contributed by atoms with van der Waals surface area (Å²) in [6, 6.07) is 7.30. The smallest absolute Gasteiger partial charge is 0.125 e. The molecule has 0 fully saturated rings. The number of hydrogen-bond acceptors (Lipinski definition) is 1. The highest BCUT2D eigenvalue weighted by Gasteiger charge is 2.08. The molecule has 0 bridgehead atoms. The van der Waals surface area contributed by atoms with Gasteiger partial charge < -0.3 is 9.88 Å². The van der Waals surface area contributed by atoms with Gasteiger partial charge in [-0.2, -0.15) is 0 Å². The first-order chi connectivity index (χ1) is 8.58. The molecule has 0 amide bonds. The van der Waals surface area contributed by atoms with Crippen molar-refractivity contribution < 1.29 is 4.39 Å². The Morgan fingerprint density at radius 1 is 1.17 bits per heavy atom. The van der Waals surface area contributed by atoms with Crippen LogP contribution >= 0.6 is 0 Å². The summed E-state index contributed by atoms with van der Waals surface area (Å²) in [7, 11) is 0. The van der Waals surface area contributed by atoms with E-state index in [0.717, 1.165) is 24.0 Å². The predicted molar refractivity (Wildman–Crippen MR) is 74.3 cm³/mol. The molecular formula is C15H21FN2.